The number of fused-ring (bicyclic) bond motifs is 1. The molecule has 0 unspecified atom stereocenters. The van der Waals surface area contributed by atoms with Gasteiger partial charge in [-0.25, -0.2) is 9.78 Å². The van der Waals surface area contributed by atoms with Crippen molar-refractivity contribution in [1.29, 1.82) is 5.26 Å². The molecule has 0 saturated carbocycles. The summed E-state index contributed by atoms with van der Waals surface area (Å²) in [6.07, 6.45) is -4.60. The number of primary amides is 1. The predicted molar refractivity (Wildman–Crippen MR) is 138 cm³/mol. The van der Waals surface area contributed by atoms with E-state index in [-0.39, 0.29) is 54.7 Å². The number of urea groups is 1. The lowest BCUT2D eigenvalue weighted by atomic mass is 9.95. The second-order valence-corrected chi connectivity index (χ2v) is 8.82. The first-order valence-electron chi connectivity index (χ1n) is 10.6. The summed E-state index contributed by atoms with van der Waals surface area (Å²) in [7, 11) is 1.39. The number of nitrogens with zero attached hydrogens (tertiary/aromatic N) is 2. The smallest absolute Gasteiger partial charge is 0.416 e. The molecule has 0 atom stereocenters. The van der Waals surface area contributed by atoms with Crippen molar-refractivity contribution in [3.8, 4) is 22.9 Å². The lowest BCUT2D eigenvalue weighted by Crippen LogP contribution is -2.20. The van der Waals surface area contributed by atoms with Crippen LogP contribution in [0.4, 0.5) is 40.8 Å². The monoisotopic (exact) mass is 541 g/mol. The number of nitrogen functional groups attached to an aromatic ring is 2. The molecule has 0 saturated heterocycles. The van der Waals surface area contributed by atoms with Crippen LogP contribution in [0.1, 0.15) is 20.8 Å². The van der Waals surface area contributed by atoms with Gasteiger partial charge in [-0.1, -0.05) is 6.07 Å². The second-order valence-electron chi connectivity index (χ2n) is 7.82. The van der Waals surface area contributed by atoms with E-state index in [9.17, 15) is 28.0 Å². The quantitative estimate of drug-likeness (QED) is 0.241. The summed E-state index contributed by atoms with van der Waals surface area (Å²) in [6, 6.07) is 9.69. The van der Waals surface area contributed by atoms with Crippen molar-refractivity contribution in [2.45, 2.75) is 6.18 Å². The molecular formula is C24H18F3N7O3S. The molecule has 2 aromatic heterocycles. The number of anilines is 4. The zero-order valence-electron chi connectivity index (χ0n) is 19.4. The molecule has 194 valence electrons. The van der Waals surface area contributed by atoms with Crippen molar-refractivity contribution < 1.29 is 27.5 Å². The highest BCUT2D eigenvalue weighted by Crippen LogP contribution is 2.45. The third-order valence-corrected chi connectivity index (χ3v) is 6.55. The van der Waals surface area contributed by atoms with E-state index in [0.717, 1.165) is 29.5 Å². The van der Waals surface area contributed by atoms with Crippen LogP contribution in [0.5, 0.6) is 5.75 Å². The summed E-state index contributed by atoms with van der Waals surface area (Å²) in [5.41, 5.74) is 17.1. The van der Waals surface area contributed by atoms with E-state index in [2.05, 4.69) is 15.6 Å². The number of nitrogens with two attached hydrogens (primary N) is 3. The fraction of sp³-hybridized carbons (Fsp3) is 0.0833. The highest BCUT2D eigenvalue weighted by molar-refractivity contribution is 7.21. The molecule has 0 aliphatic rings. The molecule has 4 aromatic rings. The van der Waals surface area contributed by atoms with E-state index >= 15 is 0 Å². The highest BCUT2D eigenvalue weighted by Gasteiger charge is 2.30. The molecule has 10 nitrogen and oxygen atoms in total. The number of amides is 3. The Balaban J connectivity index is 1.85. The second kappa shape index (κ2) is 9.79. The first-order valence-corrected chi connectivity index (χ1v) is 11.4. The minimum Gasteiger partial charge on any atom is -0.497 e. The number of carbonyl (C=O) groups excluding carboxylic acids is 2. The Morgan fingerprint density at radius 1 is 1.13 bits per heavy atom. The SMILES string of the molecule is COc1ccc(-c2c(C#N)c(N)nc3sc(C(N)=O)c(N)c23)c(NC(=O)Nc2cccc(C(F)(F)F)c2)c1. The fourth-order valence-electron chi connectivity index (χ4n) is 3.77. The van der Waals surface area contributed by atoms with Crippen LogP contribution in [0.25, 0.3) is 21.3 Å². The van der Waals surface area contributed by atoms with E-state index in [1.165, 1.54) is 25.3 Å². The summed E-state index contributed by atoms with van der Waals surface area (Å²) in [5, 5.41) is 15.0. The van der Waals surface area contributed by atoms with Crippen LogP contribution in [-0.2, 0) is 6.18 Å². The molecule has 0 fully saturated rings. The normalized spacial score (nSPS) is 11.1. The largest absolute Gasteiger partial charge is 0.497 e. The Bertz CT molecular complexity index is 1640. The molecule has 0 spiro atoms. The molecule has 3 amide bonds. The third-order valence-electron chi connectivity index (χ3n) is 5.43. The fourth-order valence-corrected chi connectivity index (χ4v) is 4.73. The van der Waals surface area contributed by atoms with Gasteiger partial charge < -0.3 is 32.6 Å². The van der Waals surface area contributed by atoms with Crippen molar-refractivity contribution in [1.82, 2.24) is 4.98 Å². The van der Waals surface area contributed by atoms with Crippen LogP contribution >= 0.6 is 11.3 Å². The highest BCUT2D eigenvalue weighted by atomic mass is 32.1. The van der Waals surface area contributed by atoms with Crippen LogP contribution in [0, 0.1) is 11.3 Å². The predicted octanol–water partition coefficient (Wildman–Crippen LogP) is 4.77. The molecular weight excluding hydrogens is 523 g/mol. The van der Waals surface area contributed by atoms with Gasteiger partial charge in [0.1, 0.15) is 32.9 Å². The standard InChI is InChI=1S/C24H18F3N7O3S/c1-37-12-5-6-13(15(8-12)33-23(36)32-11-4-2-3-10(7-11)24(25,26)27)16-14(9-28)20(30)34-22-17(16)18(29)19(38-22)21(31)35/h2-8H,29H2,1H3,(H2,30,34)(H2,31,35)(H2,32,33,36). The van der Waals surface area contributed by atoms with Crippen molar-refractivity contribution in [3.63, 3.8) is 0 Å². The molecule has 0 aliphatic heterocycles. The number of nitriles is 1. The summed E-state index contributed by atoms with van der Waals surface area (Å²) < 4.78 is 44.5. The summed E-state index contributed by atoms with van der Waals surface area (Å²) >= 11 is 0.890. The van der Waals surface area contributed by atoms with E-state index in [1.807, 2.05) is 6.07 Å². The molecule has 0 aliphatic carbocycles. The average molecular weight is 542 g/mol. The van der Waals surface area contributed by atoms with E-state index < -0.39 is 23.7 Å². The number of methoxy groups -OCH3 is 1. The Hall–Kier alpha value is -5.03. The number of carbonyl (C=O) groups is 2. The Morgan fingerprint density at radius 3 is 2.50 bits per heavy atom. The van der Waals surface area contributed by atoms with Crippen molar-refractivity contribution in [3.05, 3.63) is 58.5 Å². The average Bonchev–Trinajstić information content (AvgIpc) is 3.18. The summed E-state index contributed by atoms with van der Waals surface area (Å²) in [5.74, 6) is -0.638. The van der Waals surface area contributed by atoms with Crippen LogP contribution in [0.15, 0.2) is 42.5 Å². The number of aromatic nitrogens is 1. The minimum atomic E-state index is -4.60. The molecule has 14 heteroatoms. The van der Waals surface area contributed by atoms with E-state index in [0.29, 0.717) is 5.75 Å². The zero-order chi connectivity index (χ0) is 27.8. The van der Waals surface area contributed by atoms with Crippen LogP contribution < -0.4 is 32.6 Å². The van der Waals surface area contributed by atoms with E-state index in [1.54, 1.807) is 6.07 Å². The number of nitrogens with one attached hydrogen (secondary N) is 2. The van der Waals surface area contributed by atoms with Gasteiger partial charge in [0, 0.05) is 28.3 Å². The first kappa shape index (κ1) is 26.0. The van der Waals surface area contributed by atoms with Crippen LogP contribution in [-0.4, -0.2) is 24.0 Å². The number of ether oxygens (including phenoxy) is 1. The molecule has 2 aromatic carbocycles. The van der Waals surface area contributed by atoms with Gasteiger partial charge in [0.15, 0.2) is 0 Å². The van der Waals surface area contributed by atoms with Gasteiger partial charge in [0.05, 0.1) is 24.0 Å². The van der Waals surface area contributed by atoms with Gasteiger partial charge in [-0.2, -0.15) is 18.4 Å². The molecule has 8 N–H and O–H groups in total. The summed E-state index contributed by atoms with van der Waals surface area (Å²) in [6.45, 7) is 0. The molecule has 38 heavy (non-hydrogen) atoms. The number of pyridine rings is 1. The van der Waals surface area contributed by atoms with Gasteiger partial charge in [-0.3, -0.25) is 4.79 Å². The lowest BCUT2D eigenvalue weighted by Gasteiger charge is -2.17. The Labute approximate surface area is 216 Å². The number of thiophene rings is 1. The number of alkyl halides is 3. The minimum absolute atomic E-state index is 0.00792. The third kappa shape index (κ3) is 4.82. The molecule has 0 radical (unpaired) electrons. The Kier molecular flexibility index (Phi) is 6.71. The molecule has 2 heterocycles. The van der Waals surface area contributed by atoms with Gasteiger partial charge in [0.25, 0.3) is 5.91 Å². The lowest BCUT2D eigenvalue weighted by molar-refractivity contribution is -0.137. The number of hydrogen-bond acceptors (Lipinski definition) is 8. The number of halogens is 3. The maximum atomic E-state index is 13.1. The van der Waals surface area contributed by atoms with Crippen molar-refractivity contribution in [2.75, 3.05) is 29.2 Å². The maximum absolute atomic E-state index is 13.1. The van der Waals surface area contributed by atoms with E-state index in [4.69, 9.17) is 21.9 Å². The van der Waals surface area contributed by atoms with Crippen molar-refractivity contribution >= 4 is 56.4 Å². The molecule has 0 bridgehead atoms. The van der Waals surface area contributed by atoms with Gasteiger partial charge >= 0.3 is 12.2 Å². The topological polar surface area (TPSA) is 182 Å². The molecule has 4 rings (SSSR count). The Morgan fingerprint density at radius 2 is 1.87 bits per heavy atom. The van der Waals surface area contributed by atoms with Gasteiger partial charge in [0.2, 0.25) is 0 Å². The van der Waals surface area contributed by atoms with Gasteiger partial charge in [-0.15, -0.1) is 11.3 Å². The number of rotatable bonds is 5. The maximum Gasteiger partial charge on any atom is 0.416 e. The van der Waals surface area contributed by atoms with Crippen LogP contribution in [0.3, 0.4) is 0 Å². The van der Waals surface area contributed by atoms with Crippen LogP contribution in [0.2, 0.25) is 0 Å². The summed E-state index contributed by atoms with van der Waals surface area (Å²) in [4.78, 5) is 29.2. The van der Waals surface area contributed by atoms with Gasteiger partial charge in [-0.05, 0) is 30.3 Å². The van der Waals surface area contributed by atoms with Crippen molar-refractivity contribution in [2.24, 2.45) is 5.73 Å². The number of benzene rings is 2. The first-order chi connectivity index (χ1) is 17.9. The zero-order valence-corrected chi connectivity index (χ0v) is 20.3. The number of hydrogen-bond donors (Lipinski definition) is 5.